The molecular formula is C29H57N3O2. The van der Waals surface area contributed by atoms with Crippen molar-refractivity contribution >= 4 is 11.8 Å². The Hall–Kier alpha value is -1.10. The molecule has 1 saturated heterocycles. The summed E-state index contributed by atoms with van der Waals surface area (Å²) in [7, 11) is 0. The zero-order valence-electron chi connectivity index (χ0n) is 25.0. The fourth-order valence-electron chi connectivity index (χ4n) is 7.45. The molecule has 0 aromatic rings. The van der Waals surface area contributed by atoms with Crippen LogP contribution in [0.4, 0.5) is 0 Å². The summed E-state index contributed by atoms with van der Waals surface area (Å²) in [6.07, 6.45) is 3.34. The van der Waals surface area contributed by atoms with Crippen LogP contribution in [0.15, 0.2) is 0 Å². The SMILES string of the molecule is CC(C)(C)CC(C(=O)NC1CC(C)(C)NC(C)(C)C1)C(C)(C)CC(C)(C)C(C(N)=O)C(C)(C)C. The van der Waals surface area contributed by atoms with E-state index in [9.17, 15) is 9.59 Å². The predicted octanol–water partition coefficient (Wildman–Crippen LogP) is 6.05. The van der Waals surface area contributed by atoms with Gasteiger partial charge in [-0.25, -0.2) is 0 Å². The first-order chi connectivity index (χ1) is 14.8. The molecule has 0 aromatic heterocycles. The number of nitrogens with one attached hydrogen (secondary N) is 2. The van der Waals surface area contributed by atoms with Crippen molar-refractivity contribution in [2.24, 2.45) is 39.2 Å². The van der Waals surface area contributed by atoms with Crippen LogP contribution < -0.4 is 16.4 Å². The molecule has 2 atom stereocenters. The highest BCUT2D eigenvalue weighted by atomic mass is 16.2. The number of amides is 2. The van der Waals surface area contributed by atoms with Gasteiger partial charge in [-0.3, -0.25) is 9.59 Å². The van der Waals surface area contributed by atoms with Crippen molar-refractivity contribution in [3.63, 3.8) is 0 Å². The number of piperidine rings is 1. The third-order valence-electron chi connectivity index (χ3n) is 7.46. The van der Waals surface area contributed by atoms with Crippen LogP contribution in [-0.2, 0) is 9.59 Å². The van der Waals surface area contributed by atoms with Gasteiger partial charge in [-0.05, 0) is 75.0 Å². The molecule has 1 fully saturated rings. The Kier molecular flexibility index (Phi) is 8.87. The fourth-order valence-corrected chi connectivity index (χ4v) is 7.45. The van der Waals surface area contributed by atoms with Crippen LogP contribution in [0.5, 0.6) is 0 Å². The molecule has 5 nitrogen and oxygen atoms in total. The van der Waals surface area contributed by atoms with Gasteiger partial charge in [-0.1, -0.05) is 69.2 Å². The molecule has 2 unspecified atom stereocenters. The van der Waals surface area contributed by atoms with Crippen LogP contribution in [0.2, 0.25) is 0 Å². The lowest BCUT2D eigenvalue weighted by Gasteiger charge is -2.49. The van der Waals surface area contributed by atoms with E-state index in [0.717, 1.165) is 25.7 Å². The van der Waals surface area contributed by atoms with Crippen molar-refractivity contribution in [1.82, 2.24) is 10.6 Å². The summed E-state index contributed by atoms with van der Waals surface area (Å²) in [4.78, 5) is 26.5. The summed E-state index contributed by atoms with van der Waals surface area (Å²) in [5.41, 5.74) is 4.96. The summed E-state index contributed by atoms with van der Waals surface area (Å²) in [5, 5.41) is 7.16. The van der Waals surface area contributed by atoms with E-state index < -0.39 is 0 Å². The molecule has 4 N–H and O–H groups in total. The zero-order valence-corrected chi connectivity index (χ0v) is 25.0. The summed E-state index contributed by atoms with van der Waals surface area (Å²) < 4.78 is 0. The lowest BCUT2D eigenvalue weighted by molar-refractivity contribution is -0.135. The maximum atomic E-state index is 13.9. The molecule has 34 heavy (non-hydrogen) atoms. The smallest absolute Gasteiger partial charge is 0.223 e. The standard InChI is InChI=1S/C29H57N3O2/c1-24(2,3)17-20(23(34)31-19-15-28(11,12)32-29(13,14)16-19)26(7,8)18-27(9,10)21(22(30)33)25(4,5)6/h19-21,32H,15-18H2,1-14H3,(H2,30,33)(H,31,34). The van der Waals surface area contributed by atoms with Gasteiger partial charge >= 0.3 is 0 Å². The molecule has 0 bridgehead atoms. The van der Waals surface area contributed by atoms with Crippen LogP contribution in [-0.4, -0.2) is 28.9 Å². The molecule has 1 aliphatic rings. The molecule has 0 spiro atoms. The molecule has 1 aliphatic heterocycles. The summed E-state index contributed by atoms with van der Waals surface area (Å²) in [6.45, 7) is 30.4. The highest BCUT2D eigenvalue weighted by Gasteiger charge is 2.48. The fraction of sp³-hybridized carbons (Fsp3) is 0.931. The second-order valence-corrected chi connectivity index (χ2v) is 16.2. The Morgan fingerprint density at radius 2 is 1.32 bits per heavy atom. The van der Waals surface area contributed by atoms with Crippen LogP contribution in [0.1, 0.15) is 123 Å². The van der Waals surface area contributed by atoms with Crippen molar-refractivity contribution < 1.29 is 9.59 Å². The van der Waals surface area contributed by atoms with Crippen molar-refractivity contribution in [2.75, 3.05) is 0 Å². The molecule has 5 heteroatoms. The lowest BCUT2D eigenvalue weighted by atomic mass is 9.57. The highest BCUT2D eigenvalue weighted by Crippen LogP contribution is 2.50. The Bertz CT molecular complexity index is 719. The van der Waals surface area contributed by atoms with Gasteiger partial charge < -0.3 is 16.4 Å². The molecule has 1 rings (SSSR count). The van der Waals surface area contributed by atoms with Gasteiger partial charge in [0, 0.05) is 29.0 Å². The molecule has 0 saturated carbocycles. The van der Waals surface area contributed by atoms with Gasteiger partial charge in [0.2, 0.25) is 11.8 Å². The maximum absolute atomic E-state index is 13.9. The Labute approximate surface area is 211 Å². The van der Waals surface area contributed by atoms with E-state index in [1.807, 2.05) is 0 Å². The lowest BCUT2D eigenvalue weighted by Crippen LogP contribution is -2.62. The number of carbonyl (C=O) groups excluding carboxylic acids is 2. The highest BCUT2D eigenvalue weighted by molar-refractivity contribution is 5.80. The van der Waals surface area contributed by atoms with Gasteiger partial charge in [-0.2, -0.15) is 0 Å². The minimum Gasteiger partial charge on any atom is -0.369 e. The molecule has 1 heterocycles. The van der Waals surface area contributed by atoms with Gasteiger partial charge in [0.25, 0.3) is 0 Å². The van der Waals surface area contributed by atoms with E-state index in [4.69, 9.17) is 5.73 Å². The van der Waals surface area contributed by atoms with E-state index in [-0.39, 0.29) is 62.4 Å². The average molecular weight is 480 g/mol. The topological polar surface area (TPSA) is 84.2 Å². The van der Waals surface area contributed by atoms with Crippen molar-refractivity contribution in [2.45, 2.75) is 140 Å². The third kappa shape index (κ3) is 8.84. The van der Waals surface area contributed by atoms with E-state index >= 15 is 0 Å². The summed E-state index contributed by atoms with van der Waals surface area (Å²) >= 11 is 0. The van der Waals surface area contributed by atoms with E-state index in [1.54, 1.807) is 0 Å². The molecule has 0 aromatic carbocycles. The van der Waals surface area contributed by atoms with Crippen LogP contribution in [0, 0.1) is 33.5 Å². The Morgan fingerprint density at radius 1 is 0.882 bits per heavy atom. The predicted molar refractivity (Wildman–Crippen MR) is 144 cm³/mol. The van der Waals surface area contributed by atoms with E-state index in [1.165, 1.54) is 0 Å². The monoisotopic (exact) mass is 479 g/mol. The minimum absolute atomic E-state index is 0.00317. The Balaban J connectivity index is 3.27. The van der Waals surface area contributed by atoms with E-state index in [0.29, 0.717) is 0 Å². The van der Waals surface area contributed by atoms with Crippen LogP contribution in [0.25, 0.3) is 0 Å². The molecule has 0 radical (unpaired) electrons. The molecule has 0 aliphatic carbocycles. The van der Waals surface area contributed by atoms with Crippen LogP contribution in [0.3, 0.4) is 0 Å². The van der Waals surface area contributed by atoms with Crippen molar-refractivity contribution in [1.29, 1.82) is 0 Å². The van der Waals surface area contributed by atoms with Crippen molar-refractivity contribution in [3.05, 3.63) is 0 Å². The zero-order chi connectivity index (χ0) is 27.1. The molecule has 2 amide bonds. The minimum atomic E-state index is -0.345. The second-order valence-electron chi connectivity index (χ2n) is 16.2. The molecular weight excluding hydrogens is 422 g/mol. The average Bonchev–Trinajstić information content (AvgIpc) is 2.44. The normalized spacial score (nSPS) is 21.6. The van der Waals surface area contributed by atoms with Crippen molar-refractivity contribution in [3.8, 4) is 0 Å². The molecule has 200 valence electrons. The van der Waals surface area contributed by atoms with Gasteiger partial charge in [0.15, 0.2) is 0 Å². The number of rotatable bonds is 8. The quantitative estimate of drug-likeness (QED) is 0.396. The first-order valence-electron chi connectivity index (χ1n) is 13.2. The summed E-state index contributed by atoms with van der Waals surface area (Å²) in [5.74, 6) is -0.574. The number of primary amides is 1. The Morgan fingerprint density at radius 3 is 1.68 bits per heavy atom. The van der Waals surface area contributed by atoms with Gasteiger partial charge in [-0.15, -0.1) is 0 Å². The first-order valence-corrected chi connectivity index (χ1v) is 13.2. The first kappa shape index (κ1) is 30.9. The third-order valence-corrected chi connectivity index (χ3v) is 7.46. The van der Waals surface area contributed by atoms with Gasteiger partial charge in [0.1, 0.15) is 0 Å². The second kappa shape index (κ2) is 9.75. The number of hydrogen-bond donors (Lipinski definition) is 3. The van der Waals surface area contributed by atoms with Crippen LogP contribution >= 0.6 is 0 Å². The van der Waals surface area contributed by atoms with E-state index in [2.05, 4.69) is 108 Å². The maximum Gasteiger partial charge on any atom is 0.223 e. The number of hydrogen-bond acceptors (Lipinski definition) is 3. The summed E-state index contributed by atoms with van der Waals surface area (Å²) in [6, 6.07) is 0.137. The van der Waals surface area contributed by atoms with Gasteiger partial charge in [0.05, 0.1) is 0 Å². The number of nitrogens with two attached hydrogens (primary N) is 1. The number of carbonyl (C=O) groups is 2. The largest absolute Gasteiger partial charge is 0.369 e.